The summed E-state index contributed by atoms with van der Waals surface area (Å²) >= 11 is 3.08. The van der Waals surface area contributed by atoms with Gasteiger partial charge >= 0.3 is 5.97 Å². The van der Waals surface area contributed by atoms with Crippen LogP contribution in [0, 0.1) is 5.82 Å². The number of carbonyl (C=O) groups is 1. The van der Waals surface area contributed by atoms with Crippen LogP contribution in [0.15, 0.2) is 40.9 Å². The van der Waals surface area contributed by atoms with Gasteiger partial charge in [0, 0.05) is 0 Å². The van der Waals surface area contributed by atoms with Crippen LogP contribution in [0.1, 0.15) is 15.9 Å². The molecular weight excluding hydrogens is 341 g/mol. The topological polar surface area (TPSA) is 61.5 Å². The molecule has 0 saturated carbocycles. The number of methoxy groups -OCH3 is 1. The number of halogens is 2. The number of anilines is 1. The monoisotopic (exact) mass is 353 g/mol. The van der Waals surface area contributed by atoms with Crippen molar-refractivity contribution in [2.75, 3.05) is 12.8 Å². The Morgan fingerprint density at radius 1 is 1.29 bits per heavy atom. The van der Waals surface area contributed by atoms with E-state index in [-0.39, 0.29) is 12.4 Å². The van der Waals surface area contributed by atoms with Crippen molar-refractivity contribution in [3.63, 3.8) is 0 Å². The molecule has 0 aromatic heterocycles. The highest BCUT2D eigenvalue weighted by molar-refractivity contribution is 9.10. The van der Waals surface area contributed by atoms with Crippen LogP contribution in [0.2, 0.25) is 0 Å². The molecule has 0 atom stereocenters. The third-order valence-electron chi connectivity index (χ3n) is 2.82. The van der Waals surface area contributed by atoms with Gasteiger partial charge in [-0.05, 0) is 51.8 Å². The molecule has 6 heteroatoms. The molecular formula is C15H13BrFNO3. The van der Waals surface area contributed by atoms with E-state index in [1.807, 2.05) is 0 Å². The Bertz CT molecular complexity index is 676. The fourth-order valence-corrected chi connectivity index (χ4v) is 2.15. The third-order valence-corrected chi connectivity index (χ3v) is 3.43. The molecule has 0 fully saturated rings. The van der Waals surface area contributed by atoms with E-state index in [0.29, 0.717) is 27.0 Å². The van der Waals surface area contributed by atoms with Gasteiger partial charge in [-0.25, -0.2) is 9.18 Å². The van der Waals surface area contributed by atoms with Gasteiger partial charge in [0.05, 0.1) is 22.8 Å². The van der Waals surface area contributed by atoms with E-state index in [4.69, 9.17) is 15.2 Å². The molecule has 21 heavy (non-hydrogen) atoms. The molecule has 2 N–H and O–H groups in total. The number of hydrogen-bond acceptors (Lipinski definition) is 4. The van der Waals surface area contributed by atoms with Gasteiger partial charge in [0.2, 0.25) is 0 Å². The van der Waals surface area contributed by atoms with Crippen LogP contribution in [0.5, 0.6) is 5.75 Å². The van der Waals surface area contributed by atoms with Gasteiger partial charge in [-0.2, -0.15) is 0 Å². The number of rotatable bonds is 4. The van der Waals surface area contributed by atoms with Crippen LogP contribution in [0.25, 0.3) is 0 Å². The van der Waals surface area contributed by atoms with E-state index in [9.17, 15) is 9.18 Å². The summed E-state index contributed by atoms with van der Waals surface area (Å²) in [7, 11) is 1.50. The Labute approximate surface area is 129 Å². The summed E-state index contributed by atoms with van der Waals surface area (Å²) in [6.45, 7) is 0.0453. The molecule has 2 aromatic rings. The fourth-order valence-electron chi connectivity index (χ4n) is 1.72. The van der Waals surface area contributed by atoms with Gasteiger partial charge in [0.25, 0.3) is 0 Å². The van der Waals surface area contributed by atoms with Gasteiger partial charge in [-0.15, -0.1) is 0 Å². The van der Waals surface area contributed by atoms with E-state index >= 15 is 0 Å². The summed E-state index contributed by atoms with van der Waals surface area (Å²) in [5, 5.41) is 0. The first-order valence-corrected chi connectivity index (χ1v) is 6.85. The van der Waals surface area contributed by atoms with Gasteiger partial charge in [0.1, 0.15) is 18.2 Å². The second-order valence-electron chi connectivity index (χ2n) is 4.28. The summed E-state index contributed by atoms with van der Waals surface area (Å²) in [5.74, 6) is -0.383. The summed E-state index contributed by atoms with van der Waals surface area (Å²) in [6.07, 6.45) is 0. The molecule has 0 radical (unpaired) electrons. The second kappa shape index (κ2) is 6.58. The molecule has 0 spiro atoms. The van der Waals surface area contributed by atoms with Gasteiger partial charge < -0.3 is 15.2 Å². The maximum Gasteiger partial charge on any atom is 0.338 e. The van der Waals surface area contributed by atoms with Crippen LogP contribution < -0.4 is 10.5 Å². The van der Waals surface area contributed by atoms with Crippen molar-refractivity contribution in [2.24, 2.45) is 0 Å². The highest BCUT2D eigenvalue weighted by Gasteiger charge is 2.10. The molecule has 0 aliphatic heterocycles. The standard InChI is InChI=1S/C15H13BrFNO3/c1-20-14-5-3-10(7-13(14)18)15(19)21-8-9-2-4-12(17)11(16)6-9/h2-7H,8,18H2,1H3. The largest absolute Gasteiger partial charge is 0.495 e. The number of nitrogen functional groups attached to an aromatic ring is 1. The average Bonchev–Trinajstić information content (AvgIpc) is 2.48. The first-order valence-electron chi connectivity index (χ1n) is 6.06. The minimum Gasteiger partial charge on any atom is -0.495 e. The van der Waals surface area contributed by atoms with Crippen molar-refractivity contribution in [2.45, 2.75) is 6.61 Å². The quantitative estimate of drug-likeness (QED) is 0.674. The van der Waals surface area contributed by atoms with Crippen LogP contribution >= 0.6 is 15.9 Å². The Balaban J connectivity index is 2.04. The van der Waals surface area contributed by atoms with Crippen molar-refractivity contribution in [1.82, 2.24) is 0 Å². The van der Waals surface area contributed by atoms with Crippen LogP contribution in [0.4, 0.5) is 10.1 Å². The predicted molar refractivity (Wildman–Crippen MR) is 80.6 cm³/mol. The minimum absolute atomic E-state index is 0.0453. The first-order chi connectivity index (χ1) is 10.0. The summed E-state index contributed by atoms with van der Waals surface area (Å²) < 4.78 is 23.6. The number of benzene rings is 2. The van der Waals surface area contributed by atoms with E-state index in [1.165, 1.54) is 19.2 Å². The van der Waals surface area contributed by atoms with Gasteiger partial charge in [0.15, 0.2) is 0 Å². The Morgan fingerprint density at radius 2 is 2.05 bits per heavy atom. The number of ether oxygens (including phenoxy) is 2. The highest BCUT2D eigenvalue weighted by Crippen LogP contribution is 2.23. The van der Waals surface area contributed by atoms with E-state index in [2.05, 4.69) is 15.9 Å². The molecule has 0 bridgehead atoms. The van der Waals surface area contributed by atoms with Crippen molar-refractivity contribution < 1.29 is 18.7 Å². The predicted octanol–water partition coefficient (Wildman–Crippen LogP) is 3.54. The lowest BCUT2D eigenvalue weighted by Crippen LogP contribution is -2.06. The van der Waals surface area contributed by atoms with Gasteiger partial charge in [-0.3, -0.25) is 0 Å². The Hall–Kier alpha value is -2.08. The zero-order valence-electron chi connectivity index (χ0n) is 11.2. The second-order valence-corrected chi connectivity index (χ2v) is 5.14. The minimum atomic E-state index is -0.509. The van der Waals surface area contributed by atoms with Crippen LogP contribution in [0.3, 0.4) is 0 Å². The lowest BCUT2D eigenvalue weighted by atomic mass is 10.2. The van der Waals surface area contributed by atoms with E-state index < -0.39 is 5.97 Å². The zero-order valence-corrected chi connectivity index (χ0v) is 12.8. The van der Waals surface area contributed by atoms with Crippen molar-refractivity contribution >= 4 is 27.6 Å². The van der Waals surface area contributed by atoms with E-state index in [1.54, 1.807) is 24.3 Å². The molecule has 2 aromatic carbocycles. The lowest BCUT2D eigenvalue weighted by molar-refractivity contribution is 0.0472. The lowest BCUT2D eigenvalue weighted by Gasteiger charge is -2.08. The molecule has 110 valence electrons. The molecule has 0 saturated heterocycles. The third kappa shape index (κ3) is 3.72. The Kier molecular flexibility index (Phi) is 4.80. The maximum atomic E-state index is 13.1. The summed E-state index contributed by atoms with van der Waals surface area (Å²) in [5.41, 5.74) is 7.10. The molecule has 0 unspecified atom stereocenters. The summed E-state index contributed by atoms with van der Waals surface area (Å²) in [4.78, 5) is 11.9. The molecule has 2 rings (SSSR count). The number of nitrogens with two attached hydrogens (primary N) is 1. The maximum absolute atomic E-state index is 13.1. The van der Waals surface area contributed by atoms with E-state index in [0.717, 1.165) is 0 Å². The Morgan fingerprint density at radius 3 is 2.67 bits per heavy atom. The molecule has 4 nitrogen and oxygen atoms in total. The smallest absolute Gasteiger partial charge is 0.338 e. The molecule has 0 aliphatic carbocycles. The normalized spacial score (nSPS) is 10.2. The molecule has 0 amide bonds. The molecule has 0 heterocycles. The average molecular weight is 354 g/mol. The zero-order chi connectivity index (χ0) is 15.4. The highest BCUT2D eigenvalue weighted by atomic mass is 79.9. The summed E-state index contributed by atoms with van der Waals surface area (Å²) in [6, 6.07) is 9.07. The number of esters is 1. The van der Waals surface area contributed by atoms with Crippen LogP contribution in [-0.2, 0) is 11.3 Å². The van der Waals surface area contributed by atoms with Crippen molar-refractivity contribution in [1.29, 1.82) is 0 Å². The van der Waals surface area contributed by atoms with Crippen molar-refractivity contribution in [3.05, 3.63) is 57.8 Å². The fraction of sp³-hybridized carbons (Fsp3) is 0.133. The first kappa shape index (κ1) is 15.3. The van der Waals surface area contributed by atoms with Crippen LogP contribution in [-0.4, -0.2) is 13.1 Å². The molecule has 0 aliphatic rings. The number of hydrogen-bond donors (Lipinski definition) is 1. The van der Waals surface area contributed by atoms with Crippen molar-refractivity contribution in [3.8, 4) is 5.75 Å². The SMILES string of the molecule is COc1ccc(C(=O)OCc2ccc(F)c(Br)c2)cc1N. The number of carbonyl (C=O) groups excluding carboxylic acids is 1. The van der Waals surface area contributed by atoms with Gasteiger partial charge in [-0.1, -0.05) is 6.07 Å².